The number of nitrogens with two attached hydrogens (primary N) is 1. The van der Waals surface area contributed by atoms with Gasteiger partial charge in [0.2, 0.25) is 0 Å². The number of pyridine rings is 1. The Morgan fingerprint density at radius 3 is 2.48 bits per heavy atom. The van der Waals surface area contributed by atoms with Gasteiger partial charge in [0.15, 0.2) is 0 Å². The van der Waals surface area contributed by atoms with Gasteiger partial charge in [-0.05, 0) is 42.5 Å². The second-order valence-electron chi connectivity index (χ2n) is 5.38. The zero-order valence-electron chi connectivity index (χ0n) is 13.0. The Morgan fingerprint density at radius 2 is 1.86 bits per heavy atom. The second-order valence-corrected chi connectivity index (χ2v) is 5.38. The Bertz CT molecular complexity index is 566. The molecular formula is C18H24N2O. The van der Waals surface area contributed by atoms with Crippen molar-refractivity contribution >= 4 is 0 Å². The maximum Gasteiger partial charge on any atom is 0.145 e. The predicted molar refractivity (Wildman–Crippen MR) is 86.7 cm³/mol. The van der Waals surface area contributed by atoms with Crippen molar-refractivity contribution in [2.75, 3.05) is 0 Å². The molecule has 3 heteroatoms. The maximum atomic E-state index is 6.00. The van der Waals surface area contributed by atoms with Gasteiger partial charge in [0.25, 0.3) is 0 Å². The predicted octanol–water partition coefficient (Wildman–Crippen LogP) is 4.80. The molecule has 2 N–H and O–H groups in total. The normalized spacial score (nSPS) is 13.7. The molecule has 0 radical (unpaired) electrons. The molecule has 2 atom stereocenters. The summed E-state index contributed by atoms with van der Waals surface area (Å²) in [4.78, 5) is 4.39. The highest BCUT2D eigenvalue weighted by atomic mass is 16.5. The average Bonchev–Trinajstić information content (AvgIpc) is 2.54. The summed E-state index contributed by atoms with van der Waals surface area (Å²) in [6, 6.07) is 12.0. The van der Waals surface area contributed by atoms with E-state index < -0.39 is 0 Å². The van der Waals surface area contributed by atoms with E-state index in [1.807, 2.05) is 24.3 Å². The highest BCUT2D eigenvalue weighted by molar-refractivity contribution is 5.39. The van der Waals surface area contributed by atoms with E-state index in [9.17, 15) is 0 Å². The zero-order valence-corrected chi connectivity index (χ0v) is 13.0. The standard InChI is InChI=1S/C18H24N2O/c1-4-13(3)15-8-6-7-9-18(15)21-14-10-11-17(20-12-14)16(19)5-2/h6-13,16H,4-5,19H2,1-3H3/t13?,16-/m1/s1. The molecule has 0 amide bonds. The van der Waals surface area contributed by atoms with Gasteiger partial charge in [0.05, 0.1) is 11.9 Å². The quantitative estimate of drug-likeness (QED) is 0.829. The third-order valence-electron chi connectivity index (χ3n) is 3.87. The monoisotopic (exact) mass is 284 g/mol. The van der Waals surface area contributed by atoms with E-state index in [-0.39, 0.29) is 6.04 Å². The first-order chi connectivity index (χ1) is 10.2. The molecule has 3 nitrogen and oxygen atoms in total. The lowest BCUT2D eigenvalue weighted by molar-refractivity contribution is 0.467. The smallest absolute Gasteiger partial charge is 0.145 e. The number of nitrogens with zero attached hydrogens (tertiary/aromatic N) is 1. The lowest BCUT2D eigenvalue weighted by Crippen LogP contribution is -2.10. The first kappa shape index (κ1) is 15.5. The van der Waals surface area contributed by atoms with Crippen molar-refractivity contribution in [3.63, 3.8) is 0 Å². The minimum atomic E-state index is -0.00792. The molecule has 1 aromatic heterocycles. The van der Waals surface area contributed by atoms with Crippen LogP contribution in [0.1, 0.15) is 56.8 Å². The van der Waals surface area contributed by atoms with Gasteiger partial charge < -0.3 is 10.5 Å². The van der Waals surface area contributed by atoms with Crippen LogP contribution in [0.25, 0.3) is 0 Å². The van der Waals surface area contributed by atoms with E-state index >= 15 is 0 Å². The lowest BCUT2D eigenvalue weighted by atomic mass is 9.98. The first-order valence-corrected chi connectivity index (χ1v) is 7.64. The Balaban J connectivity index is 2.19. The van der Waals surface area contributed by atoms with Crippen LogP contribution in [0, 0.1) is 0 Å². The van der Waals surface area contributed by atoms with E-state index in [0.29, 0.717) is 5.92 Å². The fourth-order valence-electron chi connectivity index (χ4n) is 2.21. The van der Waals surface area contributed by atoms with E-state index in [1.54, 1.807) is 6.20 Å². The highest BCUT2D eigenvalue weighted by Crippen LogP contribution is 2.31. The van der Waals surface area contributed by atoms with Crippen molar-refractivity contribution in [3.8, 4) is 11.5 Å². The van der Waals surface area contributed by atoms with Gasteiger partial charge >= 0.3 is 0 Å². The van der Waals surface area contributed by atoms with Gasteiger partial charge in [-0.3, -0.25) is 4.98 Å². The molecular weight excluding hydrogens is 260 g/mol. The van der Waals surface area contributed by atoms with Crippen LogP contribution in [0.15, 0.2) is 42.6 Å². The van der Waals surface area contributed by atoms with E-state index in [4.69, 9.17) is 10.5 Å². The molecule has 0 aliphatic carbocycles. The Kier molecular flexibility index (Phi) is 5.34. The number of hydrogen-bond acceptors (Lipinski definition) is 3. The van der Waals surface area contributed by atoms with Crippen molar-refractivity contribution in [1.82, 2.24) is 4.98 Å². The molecule has 2 aromatic rings. The molecule has 1 heterocycles. The van der Waals surface area contributed by atoms with Crippen molar-refractivity contribution in [1.29, 1.82) is 0 Å². The molecule has 1 aromatic carbocycles. The highest BCUT2D eigenvalue weighted by Gasteiger charge is 2.11. The Labute approximate surface area is 127 Å². The number of ether oxygens (including phenoxy) is 1. The molecule has 1 unspecified atom stereocenters. The molecule has 0 bridgehead atoms. The summed E-state index contributed by atoms with van der Waals surface area (Å²) in [5, 5.41) is 0. The van der Waals surface area contributed by atoms with Crippen LogP contribution < -0.4 is 10.5 Å². The van der Waals surface area contributed by atoms with Crippen LogP contribution in [-0.4, -0.2) is 4.98 Å². The van der Waals surface area contributed by atoms with Gasteiger partial charge in [-0.1, -0.05) is 39.0 Å². The van der Waals surface area contributed by atoms with Crippen LogP contribution in [0.4, 0.5) is 0 Å². The first-order valence-electron chi connectivity index (χ1n) is 7.64. The fraction of sp³-hybridized carbons (Fsp3) is 0.389. The van der Waals surface area contributed by atoms with Gasteiger partial charge in [0.1, 0.15) is 11.5 Å². The Hall–Kier alpha value is -1.87. The van der Waals surface area contributed by atoms with Crippen molar-refractivity contribution < 1.29 is 4.74 Å². The molecule has 0 saturated carbocycles. The number of para-hydroxylation sites is 1. The molecule has 0 saturated heterocycles. The van der Waals surface area contributed by atoms with Crippen LogP contribution in [0.5, 0.6) is 11.5 Å². The molecule has 2 rings (SSSR count). The largest absolute Gasteiger partial charge is 0.455 e. The number of benzene rings is 1. The second kappa shape index (κ2) is 7.23. The number of hydrogen-bond donors (Lipinski definition) is 1. The van der Waals surface area contributed by atoms with Crippen LogP contribution >= 0.6 is 0 Å². The van der Waals surface area contributed by atoms with Crippen molar-refractivity contribution in [3.05, 3.63) is 53.9 Å². The van der Waals surface area contributed by atoms with Crippen molar-refractivity contribution in [2.45, 2.75) is 45.6 Å². The van der Waals surface area contributed by atoms with E-state index in [0.717, 1.165) is 30.0 Å². The zero-order chi connectivity index (χ0) is 15.2. The summed E-state index contributed by atoms with van der Waals surface area (Å²) in [5.74, 6) is 2.13. The van der Waals surface area contributed by atoms with Crippen LogP contribution in [-0.2, 0) is 0 Å². The fourth-order valence-corrected chi connectivity index (χ4v) is 2.21. The molecule has 0 spiro atoms. The minimum absolute atomic E-state index is 0.00792. The maximum absolute atomic E-state index is 6.00. The summed E-state index contributed by atoms with van der Waals surface area (Å²) < 4.78 is 6.00. The molecule has 0 aliphatic heterocycles. The third kappa shape index (κ3) is 3.82. The van der Waals surface area contributed by atoms with Crippen LogP contribution in [0.3, 0.4) is 0 Å². The van der Waals surface area contributed by atoms with E-state index in [2.05, 4.69) is 37.9 Å². The number of aromatic nitrogens is 1. The topological polar surface area (TPSA) is 48.1 Å². The summed E-state index contributed by atoms with van der Waals surface area (Å²) in [6.07, 6.45) is 3.71. The lowest BCUT2D eigenvalue weighted by Gasteiger charge is -2.15. The average molecular weight is 284 g/mol. The third-order valence-corrected chi connectivity index (χ3v) is 3.87. The Morgan fingerprint density at radius 1 is 1.10 bits per heavy atom. The van der Waals surface area contributed by atoms with Gasteiger partial charge in [-0.2, -0.15) is 0 Å². The van der Waals surface area contributed by atoms with Crippen LogP contribution in [0.2, 0.25) is 0 Å². The summed E-state index contributed by atoms with van der Waals surface area (Å²) in [5.41, 5.74) is 8.11. The van der Waals surface area contributed by atoms with E-state index in [1.165, 1.54) is 5.56 Å². The molecule has 0 fully saturated rings. The molecule has 21 heavy (non-hydrogen) atoms. The summed E-state index contributed by atoms with van der Waals surface area (Å²) in [7, 11) is 0. The molecule has 112 valence electrons. The van der Waals surface area contributed by atoms with Crippen molar-refractivity contribution in [2.24, 2.45) is 5.73 Å². The summed E-state index contributed by atoms with van der Waals surface area (Å²) in [6.45, 7) is 6.45. The minimum Gasteiger partial charge on any atom is -0.455 e. The summed E-state index contributed by atoms with van der Waals surface area (Å²) >= 11 is 0. The van der Waals surface area contributed by atoms with Gasteiger partial charge in [0, 0.05) is 6.04 Å². The molecule has 0 aliphatic rings. The number of rotatable bonds is 6. The van der Waals surface area contributed by atoms with Gasteiger partial charge in [-0.25, -0.2) is 0 Å². The SMILES string of the molecule is CCC(C)c1ccccc1Oc1ccc([C@H](N)CC)nc1. The van der Waals surface area contributed by atoms with Gasteiger partial charge in [-0.15, -0.1) is 0 Å².